The Morgan fingerprint density at radius 3 is 2.39 bits per heavy atom. The second-order valence-corrected chi connectivity index (χ2v) is 7.76. The molecule has 0 saturated heterocycles. The van der Waals surface area contributed by atoms with Gasteiger partial charge in [0.1, 0.15) is 5.60 Å². The van der Waals surface area contributed by atoms with Gasteiger partial charge in [-0.2, -0.15) is 0 Å². The van der Waals surface area contributed by atoms with Crippen LogP contribution in [0.5, 0.6) is 0 Å². The minimum atomic E-state index is -0.462. The van der Waals surface area contributed by atoms with Gasteiger partial charge < -0.3 is 20.5 Å². The number of carbonyl (C=O) groups is 1. The van der Waals surface area contributed by atoms with E-state index in [9.17, 15) is 9.90 Å². The first-order chi connectivity index (χ1) is 10.7. The van der Waals surface area contributed by atoms with Crippen LogP contribution in [0.25, 0.3) is 0 Å². The maximum absolute atomic E-state index is 11.9. The van der Waals surface area contributed by atoms with Crippen LogP contribution in [-0.4, -0.2) is 41.5 Å². The molecule has 0 heterocycles. The van der Waals surface area contributed by atoms with Crippen molar-refractivity contribution in [3.05, 3.63) is 0 Å². The van der Waals surface area contributed by atoms with E-state index in [1.807, 2.05) is 20.8 Å². The molecule has 0 radical (unpaired) electrons. The Hall–Kier alpha value is -0.810. The van der Waals surface area contributed by atoms with E-state index < -0.39 is 5.60 Å². The number of carbonyl (C=O) groups excluding carboxylic acids is 1. The predicted molar refractivity (Wildman–Crippen MR) is 93.5 cm³/mol. The minimum absolute atomic E-state index is 0.154. The van der Waals surface area contributed by atoms with Crippen molar-refractivity contribution in [3.63, 3.8) is 0 Å². The summed E-state index contributed by atoms with van der Waals surface area (Å²) in [5.74, 6) is 0.363. The molecule has 3 atom stereocenters. The molecular formula is C18H36N2O3. The van der Waals surface area contributed by atoms with E-state index >= 15 is 0 Å². The van der Waals surface area contributed by atoms with Gasteiger partial charge in [0.15, 0.2) is 0 Å². The molecule has 0 spiro atoms. The smallest absolute Gasteiger partial charge is 0.407 e. The Labute approximate surface area is 141 Å². The third kappa shape index (κ3) is 8.02. The average Bonchev–Trinajstić information content (AvgIpc) is 2.44. The molecule has 0 aliphatic heterocycles. The van der Waals surface area contributed by atoms with Crippen molar-refractivity contribution in [2.45, 2.75) is 96.9 Å². The van der Waals surface area contributed by atoms with Gasteiger partial charge in [-0.05, 0) is 52.4 Å². The second-order valence-electron chi connectivity index (χ2n) is 7.76. The number of amides is 1. The van der Waals surface area contributed by atoms with Gasteiger partial charge in [0, 0.05) is 18.6 Å². The van der Waals surface area contributed by atoms with E-state index in [0.717, 1.165) is 38.5 Å². The van der Waals surface area contributed by atoms with Crippen molar-refractivity contribution in [1.82, 2.24) is 10.6 Å². The number of nitrogens with one attached hydrogen (secondary N) is 2. The average molecular weight is 328 g/mol. The molecule has 1 rings (SSSR count). The van der Waals surface area contributed by atoms with Gasteiger partial charge in [-0.3, -0.25) is 0 Å². The number of hydrogen-bond donors (Lipinski definition) is 3. The molecule has 23 heavy (non-hydrogen) atoms. The lowest BCUT2D eigenvalue weighted by atomic mass is 9.90. The zero-order valence-electron chi connectivity index (χ0n) is 15.5. The number of aliphatic hydroxyl groups excluding tert-OH is 1. The monoisotopic (exact) mass is 328 g/mol. The zero-order chi connectivity index (χ0) is 17.5. The molecule has 1 fully saturated rings. The molecule has 0 aromatic rings. The zero-order valence-corrected chi connectivity index (χ0v) is 15.5. The van der Waals surface area contributed by atoms with Gasteiger partial charge in [-0.15, -0.1) is 0 Å². The minimum Gasteiger partial charge on any atom is -0.444 e. The van der Waals surface area contributed by atoms with Gasteiger partial charge in [-0.1, -0.05) is 26.7 Å². The summed E-state index contributed by atoms with van der Waals surface area (Å²) in [5.41, 5.74) is -0.462. The maximum Gasteiger partial charge on any atom is 0.407 e. The highest BCUT2D eigenvalue weighted by Crippen LogP contribution is 2.20. The maximum atomic E-state index is 11.9. The summed E-state index contributed by atoms with van der Waals surface area (Å²) in [5, 5.41) is 16.7. The van der Waals surface area contributed by atoms with Crippen LogP contribution < -0.4 is 10.6 Å². The lowest BCUT2D eigenvalue weighted by Gasteiger charge is -2.32. The highest BCUT2D eigenvalue weighted by molar-refractivity contribution is 5.68. The lowest BCUT2D eigenvalue weighted by molar-refractivity contribution is 0.0484. The SMILES string of the molecule is CCC(CC)C(O)CNC1CCCC(NC(=O)OC(C)(C)C)C1. The molecule has 1 amide bonds. The molecule has 5 heteroatoms. The van der Waals surface area contributed by atoms with E-state index in [1.54, 1.807) is 0 Å². The van der Waals surface area contributed by atoms with Crippen LogP contribution in [0.3, 0.4) is 0 Å². The van der Waals surface area contributed by atoms with E-state index in [0.29, 0.717) is 18.5 Å². The number of ether oxygens (including phenoxy) is 1. The second kappa shape index (κ2) is 9.48. The number of aliphatic hydroxyl groups is 1. The summed E-state index contributed by atoms with van der Waals surface area (Å²) in [7, 11) is 0. The summed E-state index contributed by atoms with van der Waals surface area (Å²) in [6.07, 6.45) is 5.46. The van der Waals surface area contributed by atoms with Gasteiger partial charge in [-0.25, -0.2) is 4.79 Å². The molecule has 5 nitrogen and oxygen atoms in total. The van der Waals surface area contributed by atoms with Crippen molar-refractivity contribution < 1.29 is 14.6 Å². The van der Waals surface area contributed by atoms with Crippen molar-refractivity contribution >= 4 is 6.09 Å². The third-order valence-electron chi connectivity index (χ3n) is 4.60. The summed E-state index contributed by atoms with van der Waals surface area (Å²) in [6.45, 7) is 10.5. The van der Waals surface area contributed by atoms with E-state index in [-0.39, 0.29) is 18.2 Å². The topological polar surface area (TPSA) is 70.6 Å². The molecular weight excluding hydrogens is 292 g/mol. The van der Waals surface area contributed by atoms with Gasteiger partial charge in [0.2, 0.25) is 0 Å². The lowest BCUT2D eigenvalue weighted by Crippen LogP contribution is -2.47. The molecule has 3 unspecified atom stereocenters. The summed E-state index contributed by atoms with van der Waals surface area (Å²) in [4.78, 5) is 11.9. The van der Waals surface area contributed by atoms with Crippen LogP contribution in [0.1, 0.15) is 73.1 Å². The van der Waals surface area contributed by atoms with Crippen molar-refractivity contribution in [3.8, 4) is 0 Å². The van der Waals surface area contributed by atoms with Crippen LogP contribution in [0.2, 0.25) is 0 Å². The highest BCUT2D eigenvalue weighted by atomic mass is 16.6. The van der Waals surface area contributed by atoms with Crippen LogP contribution in [-0.2, 0) is 4.74 Å². The quantitative estimate of drug-likeness (QED) is 0.671. The molecule has 0 aromatic heterocycles. The Morgan fingerprint density at radius 1 is 1.22 bits per heavy atom. The fourth-order valence-electron chi connectivity index (χ4n) is 3.27. The van der Waals surface area contributed by atoms with Gasteiger partial charge >= 0.3 is 6.09 Å². The Bertz CT molecular complexity index is 351. The summed E-state index contributed by atoms with van der Waals surface area (Å²) in [6, 6.07) is 0.508. The first kappa shape index (κ1) is 20.2. The number of hydrogen-bond acceptors (Lipinski definition) is 4. The standard InChI is InChI=1S/C18H36N2O3/c1-6-13(7-2)16(21)12-19-14-9-8-10-15(11-14)20-17(22)23-18(3,4)5/h13-16,19,21H,6-12H2,1-5H3,(H,20,22). The fraction of sp³-hybridized carbons (Fsp3) is 0.944. The summed E-state index contributed by atoms with van der Waals surface area (Å²) >= 11 is 0. The molecule has 1 saturated carbocycles. The first-order valence-corrected chi connectivity index (χ1v) is 9.16. The molecule has 1 aliphatic carbocycles. The molecule has 3 N–H and O–H groups in total. The van der Waals surface area contributed by atoms with E-state index in [4.69, 9.17) is 4.74 Å². The van der Waals surface area contributed by atoms with Crippen molar-refractivity contribution in [1.29, 1.82) is 0 Å². The van der Waals surface area contributed by atoms with Crippen LogP contribution >= 0.6 is 0 Å². The van der Waals surface area contributed by atoms with Crippen LogP contribution in [0, 0.1) is 5.92 Å². The van der Waals surface area contributed by atoms with Crippen LogP contribution in [0.15, 0.2) is 0 Å². The highest BCUT2D eigenvalue weighted by Gasteiger charge is 2.26. The Morgan fingerprint density at radius 2 is 1.83 bits per heavy atom. The normalized spacial score (nSPS) is 23.6. The number of alkyl carbamates (subject to hydrolysis) is 1. The molecule has 1 aliphatic rings. The summed E-state index contributed by atoms with van der Waals surface area (Å²) < 4.78 is 5.32. The van der Waals surface area contributed by atoms with Gasteiger partial charge in [0.05, 0.1) is 6.10 Å². The van der Waals surface area contributed by atoms with E-state index in [2.05, 4.69) is 24.5 Å². The van der Waals surface area contributed by atoms with Crippen LogP contribution in [0.4, 0.5) is 4.79 Å². The molecule has 0 bridgehead atoms. The third-order valence-corrected chi connectivity index (χ3v) is 4.60. The van der Waals surface area contributed by atoms with E-state index in [1.165, 1.54) is 0 Å². The predicted octanol–water partition coefficient (Wildman–Crippen LogP) is 3.21. The number of rotatable bonds is 7. The Balaban J connectivity index is 2.35. The largest absolute Gasteiger partial charge is 0.444 e. The fourth-order valence-corrected chi connectivity index (χ4v) is 3.27. The molecule has 136 valence electrons. The van der Waals surface area contributed by atoms with Crippen molar-refractivity contribution in [2.75, 3.05) is 6.54 Å². The molecule has 0 aromatic carbocycles. The van der Waals surface area contributed by atoms with Crippen molar-refractivity contribution in [2.24, 2.45) is 5.92 Å². The first-order valence-electron chi connectivity index (χ1n) is 9.16. The van der Waals surface area contributed by atoms with Gasteiger partial charge in [0.25, 0.3) is 0 Å². The Kier molecular flexibility index (Phi) is 8.34.